The molecule has 0 bridgehead atoms. The molecule has 1 aromatic heterocycles. The third-order valence-corrected chi connectivity index (χ3v) is 4.91. The minimum Gasteiger partial charge on any atom is -0.375 e. The number of amides is 2. The highest BCUT2D eigenvalue weighted by Gasteiger charge is 2.16. The summed E-state index contributed by atoms with van der Waals surface area (Å²) < 4.78 is 4.79. The summed E-state index contributed by atoms with van der Waals surface area (Å²) in [5, 5.41) is 6.37. The van der Waals surface area contributed by atoms with Crippen LogP contribution in [0.4, 0.5) is 11.4 Å². The number of ether oxygens (including phenoxy) is 1. The molecule has 7 heteroatoms. The summed E-state index contributed by atoms with van der Waals surface area (Å²) in [5.41, 5.74) is 2.83. The predicted octanol–water partition coefficient (Wildman–Crippen LogP) is 3.96. The highest BCUT2D eigenvalue weighted by Crippen LogP contribution is 2.28. The number of aromatic nitrogens is 1. The van der Waals surface area contributed by atoms with Crippen molar-refractivity contribution >= 4 is 34.5 Å². The first kappa shape index (κ1) is 18.8. The van der Waals surface area contributed by atoms with Gasteiger partial charge in [0.1, 0.15) is 16.5 Å². The monoisotopic (exact) mass is 381 g/mol. The largest absolute Gasteiger partial charge is 0.375 e. The topological polar surface area (TPSA) is 80.3 Å². The molecule has 3 aromatic rings. The lowest BCUT2D eigenvalue weighted by atomic mass is 10.2. The highest BCUT2D eigenvalue weighted by molar-refractivity contribution is 7.17. The van der Waals surface area contributed by atoms with Crippen LogP contribution >= 0.6 is 11.3 Å². The molecule has 6 nitrogen and oxygen atoms in total. The lowest BCUT2D eigenvalue weighted by Gasteiger charge is -2.08. The van der Waals surface area contributed by atoms with Gasteiger partial charge in [0.2, 0.25) is 5.91 Å². The summed E-state index contributed by atoms with van der Waals surface area (Å²) >= 11 is 1.35. The average Bonchev–Trinajstić information content (AvgIpc) is 3.05. The van der Waals surface area contributed by atoms with E-state index in [4.69, 9.17) is 4.74 Å². The maximum Gasteiger partial charge on any atom is 0.267 e. The lowest BCUT2D eigenvalue weighted by molar-refractivity contribution is -0.119. The predicted molar refractivity (Wildman–Crippen MR) is 107 cm³/mol. The molecule has 0 unspecified atom stereocenters. The number of rotatable bonds is 6. The molecule has 0 saturated carbocycles. The van der Waals surface area contributed by atoms with Gasteiger partial charge in [-0.2, -0.15) is 0 Å². The van der Waals surface area contributed by atoms with Crippen molar-refractivity contribution in [2.24, 2.45) is 0 Å². The molecule has 2 aromatic carbocycles. The van der Waals surface area contributed by atoms with E-state index in [2.05, 4.69) is 15.6 Å². The Hall–Kier alpha value is -3.03. The third kappa shape index (κ3) is 4.78. The van der Waals surface area contributed by atoms with Crippen molar-refractivity contribution in [3.63, 3.8) is 0 Å². The van der Waals surface area contributed by atoms with Crippen LogP contribution in [-0.2, 0) is 9.53 Å². The number of hydrogen-bond acceptors (Lipinski definition) is 5. The number of thiazole rings is 1. The average molecular weight is 381 g/mol. The van der Waals surface area contributed by atoms with Crippen LogP contribution in [0, 0.1) is 6.92 Å². The third-order valence-electron chi connectivity index (χ3n) is 3.70. The van der Waals surface area contributed by atoms with E-state index in [0.717, 1.165) is 10.6 Å². The normalized spacial score (nSPS) is 10.4. The van der Waals surface area contributed by atoms with Crippen molar-refractivity contribution in [1.29, 1.82) is 0 Å². The number of nitrogens with one attached hydrogen (secondary N) is 2. The fourth-order valence-electron chi connectivity index (χ4n) is 2.50. The number of nitrogens with zero attached hydrogens (tertiary/aromatic N) is 1. The summed E-state index contributed by atoms with van der Waals surface area (Å²) in [5.74, 6) is -0.487. The minimum absolute atomic E-state index is 0.0289. The number of methoxy groups -OCH3 is 1. The minimum atomic E-state index is -0.258. The maximum atomic E-state index is 12.7. The summed E-state index contributed by atoms with van der Waals surface area (Å²) in [6.07, 6.45) is 0. The maximum absolute atomic E-state index is 12.7. The van der Waals surface area contributed by atoms with Crippen molar-refractivity contribution in [3.05, 3.63) is 65.2 Å². The van der Waals surface area contributed by atoms with Crippen molar-refractivity contribution in [3.8, 4) is 10.6 Å². The molecular weight excluding hydrogens is 362 g/mol. The second kappa shape index (κ2) is 8.57. The molecule has 0 aliphatic heterocycles. The number of carbonyl (C=O) groups is 2. The zero-order valence-corrected chi connectivity index (χ0v) is 15.8. The Morgan fingerprint density at radius 3 is 2.44 bits per heavy atom. The molecule has 0 fully saturated rings. The Morgan fingerprint density at radius 2 is 1.74 bits per heavy atom. The summed E-state index contributed by atoms with van der Waals surface area (Å²) in [6, 6.07) is 16.7. The van der Waals surface area contributed by atoms with Crippen LogP contribution in [0.15, 0.2) is 54.6 Å². The Labute approximate surface area is 161 Å². The van der Waals surface area contributed by atoms with Crippen LogP contribution in [0.3, 0.4) is 0 Å². The van der Waals surface area contributed by atoms with Crippen molar-refractivity contribution in [1.82, 2.24) is 4.98 Å². The first-order chi connectivity index (χ1) is 13.1. The van der Waals surface area contributed by atoms with Crippen molar-refractivity contribution in [2.45, 2.75) is 6.92 Å². The molecule has 2 amide bonds. The molecule has 3 rings (SSSR count). The zero-order chi connectivity index (χ0) is 19.2. The van der Waals surface area contributed by atoms with Crippen LogP contribution in [0.1, 0.15) is 15.4 Å². The SMILES string of the molecule is COCC(=O)Nc1cccc(NC(=O)c2sc(-c3ccccc3)nc2C)c1. The molecule has 0 aliphatic carbocycles. The second-order valence-electron chi connectivity index (χ2n) is 5.82. The van der Waals surface area contributed by atoms with Gasteiger partial charge in [-0.3, -0.25) is 9.59 Å². The molecule has 0 atom stereocenters. The molecule has 0 spiro atoms. The van der Waals surface area contributed by atoms with Crippen LogP contribution in [-0.4, -0.2) is 30.5 Å². The number of carbonyl (C=O) groups excluding carboxylic acids is 2. The summed E-state index contributed by atoms with van der Waals surface area (Å²) in [4.78, 5) is 29.4. The molecule has 138 valence electrons. The van der Waals surface area contributed by atoms with Gasteiger partial charge in [-0.1, -0.05) is 36.4 Å². The number of benzene rings is 2. The van der Waals surface area contributed by atoms with E-state index >= 15 is 0 Å². The van der Waals surface area contributed by atoms with E-state index in [1.54, 1.807) is 24.3 Å². The van der Waals surface area contributed by atoms with Gasteiger partial charge in [-0.25, -0.2) is 4.98 Å². The number of hydrogen-bond donors (Lipinski definition) is 2. The van der Waals surface area contributed by atoms with Crippen molar-refractivity contribution in [2.75, 3.05) is 24.4 Å². The van der Waals surface area contributed by atoms with E-state index in [1.807, 2.05) is 37.3 Å². The van der Waals surface area contributed by atoms with E-state index in [9.17, 15) is 9.59 Å². The van der Waals surface area contributed by atoms with Gasteiger partial charge >= 0.3 is 0 Å². The van der Waals surface area contributed by atoms with Gasteiger partial charge in [0.25, 0.3) is 5.91 Å². The molecule has 27 heavy (non-hydrogen) atoms. The van der Waals surface area contributed by atoms with Gasteiger partial charge in [0.05, 0.1) is 5.69 Å². The van der Waals surface area contributed by atoms with E-state index in [-0.39, 0.29) is 18.4 Å². The van der Waals surface area contributed by atoms with Crippen LogP contribution < -0.4 is 10.6 Å². The standard InChI is InChI=1S/C20H19N3O3S/c1-13-18(27-20(21-13)14-7-4-3-5-8-14)19(25)23-16-10-6-9-15(11-16)22-17(24)12-26-2/h3-11H,12H2,1-2H3,(H,22,24)(H,23,25). The first-order valence-corrected chi connectivity index (χ1v) is 9.11. The van der Waals surface area contributed by atoms with Crippen LogP contribution in [0.25, 0.3) is 10.6 Å². The number of anilines is 2. The fraction of sp³-hybridized carbons (Fsp3) is 0.150. The quantitative estimate of drug-likeness (QED) is 0.677. The lowest BCUT2D eigenvalue weighted by Crippen LogP contribution is -2.17. The van der Waals surface area contributed by atoms with Gasteiger partial charge in [0.15, 0.2) is 0 Å². The van der Waals surface area contributed by atoms with Gasteiger partial charge in [0, 0.05) is 24.0 Å². The van der Waals surface area contributed by atoms with E-state index < -0.39 is 0 Å². The Morgan fingerprint density at radius 1 is 1.04 bits per heavy atom. The van der Waals surface area contributed by atoms with E-state index in [0.29, 0.717) is 21.9 Å². The van der Waals surface area contributed by atoms with Gasteiger partial charge in [-0.05, 0) is 25.1 Å². The Kier molecular flexibility index (Phi) is 5.95. The molecular formula is C20H19N3O3S. The van der Waals surface area contributed by atoms with E-state index in [1.165, 1.54) is 18.4 Å². The number of aryl methyl sites for hydroxylation is 1. The fourth-order valence-corrected chi connectivity index (χ4v) is 3.47. The van der Waals surface area contributed by atoms with Gasteiger partial charge in [-0.15, -0.1) is 11.3 Å². The molecule has 0 aliphatic rings. The smallest absolute Gasteiger partial charge is 0.267 e. The summed E-state index contributed by atoms with van der Waals surface area (Å²) in [7, 11) is 1.46. The van der Waals surface area contributed by atoms with Crippen molar-refractivity contribution < 1.29 is 14.3 Å². The zero-order valence-electron chi connectivity index (χ0n) is 15.0. The first-order valence-electron chi connectivity index (χ1n) is 8.30. The molecule has 2 N–H and O–H groups in total. The Balaban J connectivity index is 1.74. The summed E-state index contributed by atoms with van der Waals surface area (Å²) in [6.45, 7) is 1.79. The molecule has 1 heterocycles. The van der Waals surface area contributed by atoms with Crippen LogP contribution in [0.5, 0.6) is 0 Å². The van der Waals surface area contributed by atoms with Gasteiger partial charge < -0.3 is 15.4 Å². The van der Waals surface area contributed by atoms with Crippen LogP contribution in [0.2, 0.25) is 0 Å². The molecule has 0 saturated heterocycles. The highest BCUT2D eigenvalue weighted by atomic mass is 32.1. The second-order valence-corrected chi connectivity index (χ2v) is 6.81. The molecule has 0 radical (unpaired) electrons. The Bertz CT molecular complexity index is 954.